The maximum absolute atomic E-state index is 11.7. The molecule has 0 radical (unpaired) electrons. The fourth-order valence-electron chi connectivity index (χ4n) is 2.99. The van der Waals surface area contributed by atoms with Gasteiger partial charge < -0.3 is 15.2 Å². The number of hydrogen-bond acceptors (Lipinski definition) is 4. The molecule has 29 heavy (non-hydrogen) atoms. The van der Waals surface area contributed by atoms with Crippen LogP contribution in [0.3, 0.4) is 0 Å². The third-order valence-corrected chi connectivity index (χ3v) is 5.29. The Kier molecular flexibility index (Phi) is 5.62. The number of nitrogens with zero attached hydrogens (tertiary/aromatic N) is 1. The number of carboxylic acid groups (broad SMARTS) is 1. The number of halogens is 1. The Balaban J connectivity index is 1.81. The molecule has 0 saturated heterocycles. The van der Waals surface area contributed by atoms with Gasteiger partial charge in [-0.1, -0.05) is 48.5 Å². The molecule has 0 saturated carbocycles. The highest BCUT2D eigenvalue weighted by molar-refractivity contribution is 14.1. The van der Waals surface area contributed by atoms with Crippen molar-refractivity contribution in [1.29, 1.82) is 0 Å². The Bertz CT molecular complexity index is 1170. The highest BCUT2D eigenvalue weighted by Crippen LogP contribution is 2.35. The summed E-state index contributed by atoms with van der Waals surface area (Å²) in [5.41, 5.74) is 3.15. The topological polar surface area (TPSA) is 71.5 Å². The predicted octanol–water partition coefficient (Wildman–Crippen LogP) is 5.86. The van der Waals surface area contributed by atoms with Crippen molar-refractivity contribution in [3.63, 3.8) is 0 Å². The number of ether oxygens (including phenoxy) is 1. The zero-order valence-electron chi connectivity index (χ0n) is 15.3. The lowest BCUT2D eigenvalue weighted by atomic mass is 10.1. The second-order valence-corrected chi connectivity index (χ2v) is 7.56. The molecule has 0 spiro atoms. The molecule has 3 aromatic carbocycles. The quantitative estimate of drug-likeness (QED) is 0.328. The first-order valence-corrected chi connectivity index (χ1v) is 10.0. The lowest BCUT2D eigenvalue weighted by Crippen LogP contribution is -2.05. The molecule has 1 heterocycles. The van der Waals surface area contributed by atoms with Gasteiger partial charge >= 0.3 is 5.97 Å². The van der Waals surface area contributed by atoms with Crippen LogP contribution in [0.2, 0.25) is 0 Å². The molecule has 6 heteroatoms. The highest BCUT2D eigenvalue weighted by Gasteiger charge is 2.17. The molecule has 4 aromatic rings. The van der Waals surface area contributed by atoms with Crippen LogP contribution < -0.4 is 10.1 Å². The van der Waals surface area contributed by atoms with Gasteiger partial charge in [0.1, 0.15) is 12.4 Å². The molecule has 2 N–H and O–H groups in total. The van der Waals surface area contributed by atoms with Gasteiger partial charge in [-0.3, -0.25) is 0 Å². The SMILES string of the molecule is O=C(O)c1cc(OCc2ccccc2)c2ccc(I)c(Nc3ccccc3)c2n1. The van der Waals surface area contributed by atoms with Crippen LogP contribution in [0, 0.1) is 3.57 Å². The predicted molar refractivity (Wildman–Crippen MR) is 122 cm³/mol. The number of carbonyl (C=O) groups is 1. The van der Waals surface area contributed by atoms with E-state index in [0.29, 0.717) is 17.9 Å². The molecule has 0 atom stereocenters. The number of carboxylic acids is 1. The number of para-hydroxylation sites is 1. The van der Waals surface area contributed by atoms with Gasteiger partial charge in [0.2, 0.25) is 0 Å². The molecule has 0 aliphatic rings. The molecule has 4 rings (SSSR count). The molecule has 0 unspecified atom stereocenters. The van der Waals surface area contributed by atoms with Gasteiger partial charge in [-0.05, 0) is 52.4 Å². The maximum atomic E-state index is 11.7. The van der Waals surface area contributed by atoms with E-state index in [1.807, 2.05) is 72.8 Å². The van der Waals surface area contributed by atoms with Crippen molar-refractivity contribution in [2.24, 2.45) is 0 Å². The van der Waals surface area contributed by atoms with Crippen molar-refractivity contribution in [2.75, 3.05) is 5.32 Å². The van der Waals surface area contributed by atoms with E-state index in [2.05, 4.69) is 32.9 Å². The van der Waals surface area contributed by atoms with Crippen molar-refractivity contribution in [2.45, 2.75) is 6.61 Å². The van der Waals surface area contributed by atoms with Crippen LogP contribution in [0.15, 0.2) is 78.9 Å². The average Bonchev–Trinajstić information content (AvgIpc) is 2.75. The van der Waals surface area contributed by atoms with Gasteiger partial charge in [0, 0.05) is 20.7 Å². The molecule has 0 fully saturated rings. The van der Waals surface area contributed by atoms with Crippen molar-refractivity contribution in [3.05, 3.63) is 93.7 Å². The Hall–Kier alpha value is -3.13. The summed E-state index contributed by atoms with van der Waals surface area (Å²) < 4.78 is 6.94. The van der Waals surface area contributed by atoms with E-state index in [-0.39, 0.29) is 5.69 Å². The number of hydrogen-bond donors (Lipinski definition) is 2. The summed E-state index contributed by atoms with van der Waals surface area (Å²) in [4.78, 5) is 16.1. The fraction of sp³-hybridized carbons (Fsp3) is 0.0435. The van der Waals surface area contributed by atoms with Crippen LogP contribution in [0.5, 0.6) is 5.75 Å². The Labute approximate surface area is 181 Å². The molecular formula is C23H17IN2O3. The fourth-order valence-corrected chi connectivity index (χ4v) is 3.56. The molecule has 0 aliphatic carbocycles. The van der Waals surface area contributed by atoms with Crippen molar-refractivity contribution in [3.8, 4) is 5.75 Å². The van der Waals surface area contributed by atoms with Crippen LogP contribution in [-0.4, -0.2) is 16.1 Å². The van der Waals surface area contributed by atoms with Gasteiger partial charge in [-0.25, -0.2) is 9.78 Å². The van der Waals surface area contributed by atoms with Gasteiger partial charge in [0.15, 0.2) is 5.69 Å². The van der Waals surface area contributed by atoms with E-state index in [1.165, 1.54) is 6.07 Å². The summed E-state index contributed by atoms with van der Waals surface area (Å²) in [7, 11) is 0. The molecule has 1 aromatic heterocycles. The van der Waals surface area contributed by atoms with Gasteiger partial charge in [-0.15, -0.1) is 0 Å². The molecule has 0 amide bonds. The standard InChI is InChI=1S/C23H17IN2O3/c24-18-12-11-17-20(29-14-15-7-3-1-4-8-15)13-19(23(27)28)26-21(17)22(18)25-16-9-5-2-6-10-16/h1-13,25H,14H2,(H,27,28). The minimum absolute atomic E-state index is 0.0568. The number of aromatic carboxylic acids is 1. The Morgan fingerprint density at radius 3 is 2.38 bits per heavy atom. The summed E-state index contributed by atoms with van der Waals surface area (Å²) in [6.45, 7) is 0.340. The zero-order valence-corrected chi connectivity index (χ0v) is 17.5. The first-order valence-electron chi connectivity index (χ1n) is 8.97. The molecule has 144 valence electrons. The Morgan fingerprint density at radius 1 is 1.00 bits per heavy atom. The van der Waals surface area contributed by atoms with Crippen LogP contribution in [0.4, 0.5) is 11.4 Å². The number of fused-ring (bicyclic) bond motifs is 1. The number of pyridine rings is 1. The van der Waals surface area contributed by atoms with Crippen molar-refractivity contribution >= 4 is 50.8 Å². The normalized spacial score (nSPS) is 10.7. The van der Waals surface area contributed by atoms with Crippen molar-refractivity contribution < 1.29 is 14.6 Å². The summed E-state index contributed by atoms with van der Waals surface area (Å²) >= 11 is 2.22. The van der Waals surface area contributed by atoms with Crippen LogP contribution in [0.1, 0.15) is 16.1 Å². The lowest BCUT2D eigenvalue weighted by molar-refractivity contribution is 0.0690. The molecular weight excluding hydrogens is 479 g/mol. The average molecular weight is 496 g/mol. The summed E-state index contributed by atoms with van der Waals surface area (Å²) in [6.07, 6.45) is 0. The van der Waals surface area contributed by atoms with E-state index >= 15 is 0 Å². The smallest absolute Gasteiger partial charge is 0.354 e. The third-order valence-electron chi connectivity index (χ3n) is 4.39. The van der Waals surface area contributed by atoms with E-state index in [9.17, 15) is 9.90 Å². The third kappa shape index (κ3) is 4.32. The lowest BCUT2D eigenvalue weighted by Gasteiger charge is -2.15. The second kappa shape index (κ2) is 8.48. The zero-order chi connectivity index (χ0) is 20.2. The Morgan fingerprint density at radius 2 is 1.69 bits per heavy atom. The first kappa shape index (κ1) is 19.2. The minimum atomic E-state index is -1.10. The van der Waals surface area contributed by atoms with Crippen LogP contribution in [0.25, 0.3) is 10.9 Å². The van der Waals surface area contributed by atoms with Gasteiger partial charge in [0.05, 0.1) is 11.2 Å². The van der Waals surface area contributed by atoms with E-state index in [0.717, 1.165) is 25.9 Å². The molecule has 0 aliphatic heterocycles. The van der Waals surface area contributed by atoms with Gasteiger partial charge in [-0.2, -0.15) is 0 Å². The van der Waals surface area contributed by atoms with E-state index < -0.39 is 5.97 Å². The number of anilines is 2. The van der Waals surface area contributed by atoms with Crippen LogP contribution >= 0.6 is 22.6 Å². The molecule has 0 bridgehead atoms. The summed E-state index contributed by atoms with van der Waals surface area (Å²) in [5.74, 6) is -0.607. The number of benzene rings is 3. The summed E-state index contributed by atoms with van der Waals surface area (Å²) in [6, 6.07) is 24.8. The van der Waals surface area contributed by atoms with E-state index in [1.54, 1.807) is 0 Å². The highest BCUT2D eigenvalue weighted by atomic mass is 127. The number of aromatic nitrogens is 1. The van der Waals surface area contributed by atoms with E-state index in [4.69, 9.17) is 4.74 Å². The largest absolute Gasteiger partial charge is 0.488 e. The maximum Gasteiger partial charge on any atom is 0.354 e. The summed E-state index contributed by atoms with van der Waals surface area (Å²) in [5, 5.41) is 13.7. The molecule has 5 nitrogen and oxygen atoms in total. The number of nitrogens with one attached hydrogen (secondary N) is 1. The van der Waals surface area contributed by atoms with Crippen molar-refractivity contribution in [1.82, 2.24) is 4.98 Å². The monoisotopic (exact) mass is 496 g/mol. The first-order chi connectivity index (χ1) is 14.1. The minimum Gasteiger partial charge on any atom is -0.488 e. The van der Waals surface area contributed by atoms with Crippen LogP contribution in [-0.2, 0) is 6.61 Å². The second-order valence-electron chi connectivity index (χ2n) is 6.39. The van der Waals surface area contributed by atoms with Gasteiger partial charge in [0.25, 0.3) is 0 Å². The number of rotatable bonds is 6.